The lowest BCUT2D eigenvalue weighted by Gasteiger charge is -2.44. The third-order valence-electron chi connectivity index (χ3n) is 3.13. The van der Waals surface area contributed by atoms with Gasteiger partial charge < -0.3 is 15.2 Å². The van der Waals surface area contributed by atoms with E-state index < -0.39 is 29.6 Å². The van der Waals surface area contributed by atoms with Crippen LogP contribution >= 0.6 is 0 Å². The molecule has 2 rings (SSSR count). The van der Waals surface area contributed by atoms with Gasteiger partial charge in [-0.15, -0.1) is 6.58 Å². The second-order valence-corrected chi connectivity index (χ2v) is 4.01. The number of rotatable bonds is 3. The minimum absolute atomic E-state index is 0.249. The molecule has 5 nitrogen and oxygen atoms in total. The first-order valence-electron chi connectivity index (χ1n) is 4.86. The number of hydrogen-bond acceptors (Lipinski definition) is 4. The molecule has 0 aromatic carbocycles. The molecule has 2 N–H and O–H groups in total. The second-order valence-electron chi connectivity index (χ2n) is 4.01. The summed E-state index contributed by atoms with van der Waals surface area (Å²) in [4.78, 5) is 22.8. The minimum Gasteiger partial charge on any atom is -0.456 e. The quantitative estimate of drug-likeness (QED) is 0.480. The monoisotopic (exact) mass is 211 g/mol. The number of carbonyl (C=O) groups excluding carboxylic acids is 2. The van der Waals surface area contributed by atoms with Crippen molar-refractivity contribution in [1.82, 2.24) is 5.32 Å². The van der Waals surface area contributed by atoms with Crippen LogP contribution in [0, 0.1) is 5.92 Å². The normalized spacial score (nSPS) is 39.9. The van der Waals surface area contributed by atoms with Crippen molar-refractivity contribution in [3.8, 4) is 0 Å². The van der Waals surface area contributed by atoms with E-state index in [4.69, 9.17) is 4.74 Å². The fraction of sp³-hybridized carbons (Fsp3) is 0.600. The summed E-state index contributed by atoms with van der Waals surface area (Å²) in [5.41, 5.74) is -1.23. The van der Waals surface area contributed by atoms with Crippen molar-refractivity contribution < 1.29 is 19.4 Å². The van der Waals surface area contributed by atoms with Crippen molar-refractivity contribution in [2.75, 3.05) is 0 Å². The molecule has 82 valence electrons. The number of amides is 1. The Hall–Kier alpha value is -1.36. The van der Waals surface area contributed by atoms with Crippen molar-refractivity contribution in [2.24, 2.45) is 5.92 Å². The molecule has 2 saturated heterocycles. The summed E-state index contributed by atoms with van der Waals surface area (Å²) in [6, 6.07) is 0. The van der Waals surface area contributed by atoms with Gasteiger partial charge in [-0.2, -0.15) is 0 Å². The third-order valence-corrected chi connectivity index (χ3v) is 3.13. The Balaban J connectivity index is 2.29. The third kappa shape index (κ3) is 1.07. The van der Waals surface area contributed by atoms with Crippen molar-refractivity contribution in [3.05, 3.63) is 12.7 Å². The summed E-state index contributed by atoms with van der Waals surface area (Å²) in [5.74, 6) is -1.21. The number of nitrogens with one attached hydrogen (secondary N) is 1. The molecule has 2 heterocycles. The topological polar surface area (TPSA) is 75.6 Å². The van der Waals surface area contributed by atoms with Crippen LogP contribution in [0.15, 0.2) is 12.7 Å². The van der Waals surface area contributed by atoms with Crippen molar-refractivity contribution in [3.63, 3.8) is 0 Å². The summed E-state index contributed by atoms with van der Waals surface area (Å²) in [5, 5.41) is 12.4. The van der Waals surface area contributed by atoms with Gasteiger partial charge in [-0.25, -0.2) is 4.79 Å². The van der Waals surface area contributed by atoms with Crippen LogP contribution in [0.4, 0.5) is 0 Å². The summed E-state index contributed by atoms with van der Waals surface area (Å²) < 4.78 is 4.90. The maximum absolute atomic E-state index is 11.4. The number of fused-ring (bicyclic) bond motifs is 1. The number of aliphatic hydroxyl groups is 1. The molecule has 0 aromatic rings. The molecule has 0 radical (unpaired) electrons. The average molecular weight is 211 g/mol. The Kier molecular flexibility index (Phi) is 2.08. The molecule has 2 fully saturated rings. The van der Waals surface area contributed by atoms with E-state index in [2.05, 4.69) is 11.9 Å². The van der Waals surface area contributed by atoms with E-state index in [-0.39, 0.29) is 12.3 Å². The van der Waals surface area contributed by atoms with Gasteiger partial charge in [0.1, 0.15) is 6.10 Å². The molecular weight excluding hydrogens is 198 g/mol. The molecule has 5 heteroatoms. The fourth-order valence-electron chi connectivity index (χ4n) is 2.19. The van der Waals surface area contributed by atoms with Crippen LogP contribution in [-0.4, -0.2) is 34.7 Å². The fourth-order valence-corrected chi connectivity index (χ4v) is 2.19. The van der Waals surface area contributed by atoms with Crippen LogP contribution in [0.3, 0.4) is 0 Å². The Morgan fingerprint density at radius 3 is 2.87 bits per heavy atom. The van der Waals surface area contributed by atoms with E-state index >= 15 is 0 Å². The molecule has 2 aliphatic rings. The number of carbonyl (C=O) groups is 2. The molecule has 0 aliphatic carbocycles. The zero-order valence-corrected chi connectivity index (χ0v) is 8.40. The van der Waals surface area contributed by atoms with E-state index in [9.17, 15) is 14.7 Å². The molecule has 1 amide bonds. The average Bonchev–Trinajstić information content (AvgIpc) is 2.39. The first-order valence-corrected chi connectivity index (χ1v) is 4.86. The van der Waals surface area contributed by atoms with E-state index in [1.807, 2.05) is 0 Å². The standard InChI is InChI=1S/C10H13NO4/c1-3-4-6(12)10-7(15-9(10)14)5(2)8(13)11-10/h3,5-7,12H,1,4H2,2H3,(H,11,13)/t5-,6+,7+,10-/m1/s1. The largest absolute Gasteiger partial charge is 0.456 e. The molecule has 15 heavy (non-hydrogen) atoms. The summed E-state index contributed by atoms with van der Waals surface area (Å²) in [6.07, 6.45) is 0.248. The van der Waals surface area contributed by atoms with E-state index in [1.54, 1.807) is 6.92 Å². The summed E-state index contributed by atoms with van der Waals surface area (Å²) in [7, 11) is 0. The van der Waals surface area contributed by atoms with Gasteiger partial charge in [-0.05, 0) is 13.3 Å². The smallest absolute Gasteiger partial charge is 0.338 e. The Morgan fingerprint density at radius 1 is 1.73 bits per heavy atom. The van der Waals surface area contributed by atoms with Gasteiger partial charge in [0.25, 0.3) is 0 Å². The lowest BCUT2D eigenvalue weighted by atomic mass is 9.79. The minimum atomic E-state index is -1.23. The predicted octanol–water partition coefficient (Wildman–Crippen LogP) is -0.647. The van der Waals surface area contributed by atoms with E-state index in [0.717, 1.165) is 0 Å². The molecule has 0 spiro atoms. The van der Waals surface area contributed by atoms with Crippen LogP contribution in [0.25, 0.3) is 0 Å². The lowest BCUT2D eigenvalue weighted by molar-refractivity contribution is -0.203. The highest BCUT2D eigenvalue weighted by molar-refractivity contribution is 5.99. The molecule has 0 saturated carbocycles. The zero-order valence-electron chi connectivity index (χ0n) is 8.40. The lowest BCUT2D eigenvalue weighted by Crippen LogP contribution is -2.72. The number of esters is 1. The Morgan fingerprint density at radius 2 is 2.40 bits per heavy atom. The molecule has 0 bridgehead atoms. The van der Waals surface area contributed by atoms with E-state index in [1.165, 1.54) is 6.08 Å². The van der Waals surface area contributed by atoms with Gasteiger partial charge in [0.2, 0.25) is 11.4 Å². The number of hydrogen-bond donors (Lipinski definition) is 2. The van der Waals surface area contributed by atoms with Gasteiger partial charge in [-0.1, -0.05) is 6.08 Å². The van der Waals surface area contributed by atoms with Crippen LogP contribution in [-0.2, 0) is 14.3 Å². The Labute approximate surface area is 87.1 Å². The van der Waals surface area contributed by atoms with Gasteiger partial charge >= 0.3 is 5.97 Å². The predicted molar refractivity (Wildman–Crippen MR) is 50.7 cm³/mol. The van der Waals surface area contributed by atoms with Crippen LogP contribution < -0.4 is 5.32 Å². The van der Waals surface area contributed by atoms with Gasteiger partial charge in [-0.3, -0.25) is 4.79 Å². The van der Waals surface area contributed by atoms with Crippen molar-refractivity contribution in [1.29, 1.82) is 0 Å². The zero-order chi connectivity index (χ0) is 11.2. The van der Waals surface area contributed by atoms with E-state index in [0.29, 0.717) is 0 Å². The first-order chi connectivity index (χ1) is 7.04. The molecule has 4 atom stereocenters. The maximum atomic E-state index is 11.4. The van der Waals surface area contributed by atoms with Gasteiger partial charge in [0.05, 0.1) is 12.0 Å². The maximum Gasteiger partial charge on any atom is 0.338 e. The highest BCUT2D eigenvalue weighted by atomic mass is 16.6. The first kappa shape index (κ1) is 10.2. The van der Waals surface area contributed by atoms with Crippen molar-refractivity contribution >= 4 is 11.9 Å². The van der Waals surface area contributed by atoms with Gasteiger partial charge in [0, 0.05) is 0 Å². The number of ether oxygens (including phenoxy) is 1. The summed E-state index contributed by atoms with van der Waals surface area (Å²) in [6.45, 7) is 5.17. The van der Waals surface area contributed by atoms with Gasteiger partial charge in [0.15, 0.2) is 0 Å². The second kappa shape index (κ2) is 3.06. The van der Waals surface area contributed by atoms with Crippen LogP contribution in [0.1, 0.15) is 13.3 Å². The van der Waals surface area contributed by atoms with Crippen LogP contribution in [0.5, 0.6) is 0 Å². The Bertz CT molecular complexity index is 340. The molecule has 0 aromatic heterocycles. The highest BCUT2D eigenvalue weighted by Gasteiger charge is 2.70. The molecule has 2 aliphatic heterocycles. The van der Waals surface area contributed by atoms with Crippen molar-refractivity contribution in [2.45, 2.75) is 31.1 Å². The molecule has 0 unspecified atom stereocenters. The molecular formula is C10H13NO4. The SMILES string of the molecule is C=CC[C@H](O)[C@@]12NC(=O)[C@H](C)[C@@H]1OC2=O. The van der Waals surface area contributed by atoms with Crippen LogP contribution in [0.2, 0.25) is 0 Å². The highest BCUT2D eigenvalue weighted by Crippen LogP contribution is 2.41. The summed E-state index contributed by atoms with van der Waals surface area (Å²) >= 11 is 0. The number of aliphatic hydroxyl groups excluding tert-OH is 1.